The highest BCUT2D eigenvalue weighted by atomic mass is 16.7. The second-order valence-corrected chi connectivity index (χ2v) is 28.5. The molecule has 30 heteroatoms. The lowest BCUT2D eigenvalue weighted by atomic mass is 10.1. The fourth-order valence-corrected chi connectivity index (χ4v) is 8.70. The quantitative estimate of drug-likeness (QED) is 0.00669. The third kappa shape index (κ3) is 49.1. The van der Waals surface area contributed by atoms with E-state index in [2.05, 4.69) is 53.8 Å². The van der Waals surface area contributed by atoms with Crippen molar-refractivity contribution in [2.24, 2.45) is 21.2 Å². The largest absolute Gasteiger partial charge is 0.478 e. The van der Waals surface area contributed by atoms with Gasteiger partial charge in [0.1, 0.15) is 28.7 Å². The third-order valence-corrected chi connectivity index (χ3v) is 13.7. The second-order valence-electron chi connectivity index (χ2n) is 28.5. The average molecular weight is 1560 g/mol. The maximum Gasteiger partial charge on any atom is 0.407 e. The van der Waals surface area contributed by atoms with E-state index in [9.17, 15) is 47.9 Å². The summed E-state index contributed by atoms with van der Waals surface area (Å²) in [5.41, 5.74) is 12.8. The Morgan fingerprint density at radius 2 is 0.759 bits per heavy atom. The lowest BCUT2D eigenvalue weighted by Gasteiger charge is -2.19. The Morgan fingerprint density at radius 3 is 1.11 bits per heavy atom. The van der Waals surface area contributed by atoms with E-state index in [4.69, 9.17) is 50.5 Å². The predicted molar refractivity (Wildman–Crippen MR) is 423 cm³/mol. The summed E-state index contributed by atoms with van der Waals surface area (Å²) in [5.74, 6) is -2.29. The van der Waals surface area contributed by atoms with Crippen LogP contribution < -0.4 is 32.3 Å². The van der Waals surface area contributed by atoms with Crippen molar-refractivity contribution in [1.82, 2.24) is 31.6 Å². The summed E-state index contributed by atoms with van der Waals surface area (Å²) in [7, 11) is 0. The van der Waals surface area contributed by atoms with Crippen molar-refractivity contribution < 1.29 is 97.6 Å². The Morgan fingerprint density at radius 1 is 0.446 bits per heavy atom. The molecule has 0 aromatic heterocycles. The molecular weight excluding hydrogens is 1440 g/mol. The summed E-state index contributed by atoms with van der Waals surface area (Å²) < 4.78 is 20.4. The molecule has 0 unspecified atom stereocenters. The molecule has 0 bridgehead atoms. The molecule has 112 heavy (non-hydrogen) atoms. The summed E-state index contributed by atoms with van der Waals surface area (Å²) in [5, 5.41) is 65.7. The van der Waals surface area contributed by atoms with Gasteiger partial charge >= 0.3 is 36.3 Å². The number of alkyl carbamates (subject to hydrolysis) is 4. The number of ether oxygens (including phenoxy) is 4. The fraction of sp³-hybridized carbons (Fsp3) is 0.402. The number of hydrogen-bond acceptors (Lipinski definition) is 23. The van der Waals surface area contributed by atoms with Crippen molar-refractivity contribution in [1.29, 1.82) is 0 Å². The lowest BCUT2D eigenvalue weighted by Crippen LogP contribution is -2.32. The number of nitrogens with zero attached hydrogens (tertiary/aromatic N) is 4. The normalized spacial score (nSPS) is 11.6. The van der Waals surface area contributed by atoms with Crippen molar-refractivity contribution in [3.05, 3.63) is 212 Å². The van der Waals surface area contributed by atoms with Crippen molar-refractivity contribution in [2.75, 3.05) is 0 Å². The highest BCUT2D eigenvalue weighted by molar-refractivity contribution is 6.01. The van der Waals surface area contributed by atoms with Gasteiger partial charge in [0.05, 0.1) is 30.8 Å². The van der Waals surface area contributed by atoms with Crippen LogP contribution in [0.4, 0.5) is 19.2 Å². The molecule has 6 aromatic rings. The lowest BCUT2D eigenvalue weighted by molar-refractivity contribution is -0.197. The Kier molecular flexibility index (Phi) is 46.3. The molecule has 12 N–H and O–H groups in total. The fourth-order valence-electron chi connectivity index (χ4n) is 8.70. The minimum Gasteiger partial charge on any atom is -0.478 e. The molecule has 0 radical (unpaired) electrons. The minimum atomic E-state index is -0.992. The maximum absolute atomic E-state index is 11.4. The number of oxime groups is 3. The number of hydrogen-bond donors (Lipinski definition) is 11. The SMILES string of the molecule is CC(C)(C)OC(=O)NCc1cccc(/C=N/O)c1.CC(C)(C)OC(=O)NCc1cccc(C(=O)O)c1.CC(C)(C)OC(=O)NCc1cccc(C=O)c1.CC(C)(C)OC(=O)NCc1cccc(CO)c1.CCCCC(=O)NCc1cccc(/C=N/O)c1.CCCCC(=O)ON1C(=O)CCC1=O.NCc1cccc(/C=N/O)c1. The molecule has 0 aliphatic carbocycles. The van der Waals surface area contributed by atoms with Crippen LogP contribution in [0, 0.1) is 0 Å². The molecule has 30 nitrogen and oxygen atoms in total. The summed E-state index contributed by atoms with van der Waals surface area (Å²) in [6.07, 6.45) is 7.58. The summed E-state index contributed by atoms with van der Waals surface area (Å²) in [4.78, 5) is 116. The molecule has 7 amide bonds. The van der Waals surface area contributed by atoms with Gasteiger partial charge in [0.2, 0.25) is 5.91 Å². The zero-order chi connectivity index (χ0) is 84.3. The van der Waals surface area contributed by atoms with Crippen molar-refractivity contribution in [2.45, 2.75) is 217 Å². The van der Waals surface area contributed by atoms with Gasteiger partial charge in [0.15, 0.2) is 0 Å². The van der Waals surface area contributed by atoms with Crippen LogP contribution in [0.25, 0.3) is 0 Å². The number of benzene rings is 6. The third-order valence-electron chi connectivity index (χ3n) is 13.7. The molecule has 0 spiro atoms. The molecule has 7 rings (SSSR count). The summed E-state index contributed by atoms with van der Waals surface area (Å²) >= 11 is 0. The van der Waals surface area contributed by atoms with Gasteiger partial charge in [0.25, 0.3) is 11.8 Å². The van der Waals surface area contributed by atoms with Gasteiger partial charge in [-0.05, 0) is 188 Å². The molecule has 1 fully saturated rings. The number of amides is 7. The highest BCUT2D eigenvalue weighted by Gasteiger charge is 2.32. The van der Waals surface area contributed by atoms with E-state index < -0.39 is 70.5 Å². The molecular formula is C82H112N10O20. The zero-order valence-electron chi connectivity index (χ0n) is 66.5. The number of rotatable bonds is 24. The molecule has 1 aliphatic rings. The average Bonchev–Trinajstić information content (AvgIpc) is 1.75. The maximum atomic E-state index is 11.4. The summed E-state index contributed by atoms with van der Waals surface area (Å²) in [6.45, 7) is 28.0. The molecule has 1 heterocycles. The van der Waals surface area contributed by atoms with Gasteiger partial charge in [0, 0.05) is 70.5 Å². The van der Waals surface area contributed by atoms with Crippen LogP contribution in [0.15, 0.2) is 161 Å². The van der Waals surface area contributed by atoms with Gasteiger partial charge in [-0.15, -0.1) is 5.06 Å². The first-order valence-electron chi connectivity index (χ1n) is 36.0. The number of aldehydes is 1. The van der Waals surface area contributed by atoms with Crippen LogP contribution >= 0.6 is 0 Å². The van der Waals surface area contributed by atoms with Crippen LogP contribution in [0.1, 0.15) is 225 Å². The smallest absolute Gasteiger partial charge is 0.407 e. The number of nitrogens with one attached hydrogen (secondary N) is 5. The number of aromatic carboxylic acids is 1. The number of carboxylic acids is 1. The molecule has 1 saturated heterocycles. The first-order valence-corrected chi connectivity index (χ1v) is 36.0. The molecule has 6 aromatic carbocycles. The number of imide groups is 1. The number of hydroxylamine groups is 2. The van der Waals surface area contributed by atoms with Crippen molar-refractivity contribution in [3.8, 4) is 0 Å². The van der Waals surface area contributed by atoms with Crippen LogP contribution in [-0.2, 0) is 88.8 Å². The molecule has 0 saturated carbocycles. The molecule has 0 atom stereocenters. The zero-order valence-corrected chi connectivity index (χ0v) is 66.5. The van der Waals surface area contributed by atoms with E-state index in [0.29, 0.717) is 61.8 Å². The number of aliphatic hydroxyl groups excluding tert-OH is 1. The monoisotopic (exact) mass is 1560 g/mol. The Labute approximate surface area is 655 Å². The van der Waals surface area contributed by atoms with Gasteiger partial charge < -0.3 is 81.9 Å². The first kappa shape index (κ1) is 98.0. The Balaban J connectivity index is 0.000000656. The van der Waals surface area contributed by atoms with E-state index in [1.165, 1.54) is 30.8 Å². The van der Waals surface area contributed by atoms with Crippen molar-refractivity contribution in [3.63, 3.8) is 0 Å². The van der Waals surface area contributed by atoms with E-state index in [0.717, 1.165) is 75.6 Å². The van der Waals surface area contributed by atoms with E-state index in [-0.39, 0.29) is 43.9 Å². The van der Waals surface area contributed by atoms with Gasteiger partial charge in [-0.25, -0.2) is 28.8 Å². The number of nitrogens with two attached hydrogens (primary N) is 1. The highest BCUT2D eigenvalue weighted by Crippen LogP contribution is 2.16. The topological polar surface area (TPSA) is 444 Å². The molecule has 610 valence electrons. The van der Waals surface area contributed by atoms with Crippen LogP contribution in [0.3, 0.4) is 0 Å². The Bertz CT molecular complexity index is 3990. The number of carboxylic acid groups (broad SMARTS) is 1. The Hall–Kier alpha value is -12.1. The molecule has 1 aliphatic heterocycles. The van der Waals surface area contributed by atoms with Gasteiger partial charge in [-0.2, -0.15) is 0 Å². The standard InChI is InChI=1S/C13H18N2O3.C13H18N2O2.C13H17NO4.C13H19NO3.C13H17NO3.C9H13NO4.C8H10N2O/c1-13(2,3)18-12(16)14-8-10-5-4-6-11(7-10)9-15-17;1-2-3-7-13(16)14-9-11-5-4-6-12(8-11)10-15-17;1-13(2,3)18-12(17)14-8-9-5-4-6-10(7-9)11(15)16;2*1-13(2,3)17-12(16)14-8-10-5-4-6-11(7-10)9-15;1-2-3-4-9(13)14-10-7(11)5-6-8(10)12;9-5-7-2-1-3-8(4-7)6-10-11/h4-7,9,17H,8H2,1-3H3,(H,14,16);4-6,8,10,17H,2-3,7,9H2,1H3,(H,14,16);4-7H,8H2,1-3H3,(H,14,17)(H,15,16);4-7,15H,8-9H2,1-3H3,(H,14,16);4-7,9H,8H2,1-3H3,(H,14,16);2-6H2,1H3;1-4,6,11H,5,9H2/b15-9+;15-10+;;;;;10-6+. The van der Waals surface area contributed by atoms with Crippen LogP contribution in [-0.4, -0.2) is 132 Å². The second kappa shape index (κ2) is 52.9. The summed E-state index contributed by atoms with van der Waals surface area (Å²) in [6, 6.07) is 43.2. The van der Waals surface area contributed by atoms with Gasteiger partial charge in [-0.1, -0.05) is 151 Å². The number of unbranched alkanes of at least 4 members (excludes halogenated alkanes) is 2. The van der Waals surface area contributed by atoms with Crippen LogP contribution in [0.2, 0.25) is 0 Å². The van der Waals surface area contributed by atoms with E-state index in [1.807, 2.05) is 146 Å². The van der Waals surface area contributed by atoms with Crippen molar-refractivity contribution >= 4 is 79.0 Å². The van der Waals surface area contributed by atoms with E-state index in [1.54, 1.807) is 77.9 Å². The van der Waals surface area contributed by atoms with Crippen LogP contribution in [0.5, 0.6) is 0 Å². The van der Waals surface area contributed by atoms with E-state index >= 15 is 0 Å². The predicted octanol–water partition coefficient (Wildman–Crippen LogP) is 13.7. The first-order chi connectivity index (χ1) is 52.8. The number of aliphatic hydroxyl groups is 1. The minimum absolute atomic E-state index is 0.000275. The van der Waals surface area contributed by atoms with Gasteiger partial charge in [-0.3, -0.25) is 19.2 Å². The number of carbonyl (C=O) groups is 10. The number of carbonyl (C=O) groups excluding carboxylic acids is 9.